The van der Waals surface area contributed by atoms with Crippen LogP contribution in [0.4, 0.5) is 0 Å². The van der Waals surface area contributed by atoms with Crippen LogP contribution in [0.25, 0.3) is 0 Å². The lowest BCUT2D eigenvalue weighted by molar-refractivity contribution is 0.0625. The van der Waals surface area contributed by atoms with Crippen molar-refractivity contribution in [1.29, 1.82) is 0 Å². The summed E-state index contributed by atoms with van der Waals surface area (Å²) in [5.74, 6) is 1.37. The fraction of sp³-hybridized carbons (Fsp3) is 0.520. The molecule has 0 radical (unpaired) electrons. The summed E-state index contributed by atoms with van der Waals surface area (Å²) < 4.78 is 0. The maximum atomic E-state index is 10.4. The molecule has 1 unspecified atom stereocenters. The first-order valence-electron chi connectivity index (χ1n) is 10.1. The van der Waals surface area contributed by atoms with Crippen molar-refractivity contribution in [3.05, 3.63) is 57.6 Å². The molecular formula is C25H34O2. The summed E-state index contributed by atoms with van der Waals surface area (Å²) in [5, 5.41) is 20.7. The van der Waals surface area contributed by atoms with Crippen molar-refractivity contribution in [2.75, 3.05) is 0 Å². The third-order valence-electron chi connectivity index (χ3n) is 7.49. The second-order valence-electron chi connectivity index (χ2n) is 9.34. The van der Waals surface area contributed by atoms with Crippen LogP contribution in [-0.2, 0) is 5.41 Å². The number of aryl methyl sites for hydroxylation is 4. The normalized spacial score (nSPS) is 21.2. The number of rotatable bonds is 2. The SMILES string of the molecule is Cc1cc(C2(c3cc(C)c(O)c(C)c3)CCCC(C)C2(C)C)cc(C)c1O. The minimum atomic E-state index is -0.142. The predicted octanol–water partition coefficient (Wildman–Crippen LogP) is 6.46. The number of phenolic OH excluding ortho intramolecular Hbond substituents is 2. The molecule has 27 heavy (non-hydrogen) atoms. The highest BCUT2D eigenvalue weighted by Crippen LogP contribution is 2.59. The van der Waals surface area contributed by atoms with E-state index in [0.717, 1.165) is 28.7 Å². The lowest BCUT2D eigenvalue weighted by Gasteiger charge is -2.55. The van der Waals surface area contributed by atoms with E-state index in [4.69, 9.17) is 0 Å². The summed E-state index contributed by atoms with van der Waals surface area (Å²) in [5.41, 5.74) is 6.23. The molecule has 2 heteroatoms. The maximum Gasteiger partial charge on any atom is 0.121 e. The van der Waals surface area contributed by atoms with Gasteiger partial charge in [0.05, 0.1) is 0 Å². The zero-order valence-electron chi connectivity index (χ0n) is 17.9. The second kappa shape index (κ2) is 6.58. The molecule has 0 spiro atoms. The Labute approximate surface area is 164 Å². The van der Waals surface area contributed by atoms with E-state index in [9.17, 15) is 10.2 Å². The second-order valence-corrected chi connectivity index (χ2v) is 9.34. The van der Waals surface area contributed by atoms with Crippen LogP contribution >= 0.6 is 0 Å². The van der Waals surface area contributed by atoms with Crippen LogP contribution < -0.4 is 0 Å². The van der Waals surface area contributed by atoms with E-state index in [0.29, 0.717) is 17.4 Å². The van der Waals surface area contributed by atoms with Crippen LogP contribution in [-0.4, -0.2) is 10.2 Å². The molecule has 1 fully saturated rings. The summed E-state index contributed by atoms with van der Waals surface area (Å²) in [7, 11) is 0. The molecule has 0 bridgehead atoms. The molecule has 3 rings (SSSR count). The molecule has 0 heterocycles. The van der Waals surface area contributed by atoms with Crippen molar-refractivity contribution in [3.8, 4) is 11.5 Å². The Balaban J connectivity index is 2.38. The summed E-state index contributed by atoms with van der Waals surface area (Å²) in [4.78, 5) is 0. The molecule has 1 aliphatic carbocycles. The van der Waals surface area contributed by atoms with Gasteiger partial charge in [-0.3, -0.25) is 0 Å². The Kier molecular flexibility index (Phi) is 4.82. The highest BCUT2D eigenvalue weighted by atomic mass is 16.3. The number of hydrogen-bond acceptors (Lipinski definition) is 2. The first-order valence-corrected chi connectivity index (χ1v) is 10.1. The molecule has 2 N–H and O–H groups in total. The van der Waals surface area contributed by atoms with Gasteiger partial charge < -0.3 is 10.2 Å². The molecule has 0 saturated heterocycles. The summed E-state index contributed by atoms with van der Waals surface area (Å²) >= 11 is 0. The van der Waals surface area contributed by atoms with Crippen molar-refractivity contribution in [2.24, 2.45) is 11.3 Å². The highest BCUT2D eigenvalue weighted by molar-refractivity contribution is 5.53. The van der Waals surface area contributed by atoms with Gasteiger partial charge in [-0.05, 0) is 78.8 Å². The third-order valence-corrected chi connectivity index (χ3v) is 7.49. The molecule has 0 amide bonds. The van der Waals surface area contributed by atoms with Gasteiger partial charge in [-0.1, -0.05) is 57.9 Å². The molecule has 0 aromatic heterocycles. The molecule has 1 atom stereocenters. The lowest BCUT2D eigenvalue weighted by Crippen LogP contribution is -2.49. The summed E-state index contributed by atoms with van der Waals surface area (Å²) in [6.45, 7) is 15.1. The Morgan fingerprint density at radius 3 is 1.52 bits per heavy atom. The van der Waals surface area contributed by atoms with Crippen LogP contribution in [0.3, 0.4) is 0 Å². The largest absolute Gasteiger partial charge is 0.507 e. The zero-order chi connectivity index (χ0) is 20.1. The third kappa shape index (κ3) is 2.85. The van der Waals surface area contributed by atoms with E-state index in [1.54, 1.807) is 0 Å². The summed E-state index contributed by atoms with van der Waals surface area (Å²) in [6, 6.07) is 8.72. The van der Waals surface area contributed by atoms with Gasteiger partial charge in [0.1, 0.15) is 11.5 Å². The minimum Gasteiger partial charge on any atom is -0.507 e. The molecular weight excluding hydrogens is 332 g/mol. The van der Waals surface area contributed by atoms with Gasteiger partial charge in [0.25, 0.3) is 0 Å². The Bertz CT molecular complexity index is 772. The van der Waals surface area contributed by atoms with Crippen molar-refractivity contribution >= 4 is 0 Å². The zero-order valence-corrected chi connectivity index (χ0v) is 17.9. The molecule has 2 aromatic carbocycles. The van der Waals surface area contributed by atoms with E-state index in [2.05, 4.69) is 45.0 Å². The van der Waals surface area contributed by atoms with E-state index in [-0.39, 0.29) is 10.8 Å². The molecule has 1 saturated carbocycles. The van der Waals surface area contributed by atoms with Crippen LogP contribution in [0.5, 0.6) is 11.5 Å². The fourth-order valence-corrected chi connectivity index (χ4v) is 5.38. The topological polar surface area (TPSA) is 40.5 Å². The molecule has 1 aliphatic rings. The number of hydrogen-bond donors (Lipinski definition) is 2. The smallest absolute Gasteiger partial charge is 0.121 e. The Morgan fingerprint density at radius 1 is 0.778 bits per heavy atom. The Hall–Kier alpha value is -1.96. The average molecular weight is 367 g/mol. The van der Waals surface area contributed by atoms with Crippen molar-refractivity contribution in [1.82, 2.24) is 0 Å². The van der Waals surface area contributed by atoms with Gasteiger partial charge in [0.2, 0.25) is 0 Å². The van der Waals surface area contributed by atoms with Crippen molar-refractivity contribution < 1.29 is 10.2 Å². The van der Waals surface area contributed by atoms with Gasteiger partial charge >= 0.3 is 0 Å². The van der Waals surface area contributed by atoms with E-state index in [1.807, 2.05) is 27.7 Å². The first kappa shape index (κ1) is 19.8. The quantitative estimate of drug-likeness (QED) is 0.640. The molecule has 0 aliphatic heterocycles. The van der Waals surface area contributed by atoms with E-state index < -0.39 is 0 Å². The highest BCUT2D eigenvalue weighted by Gasteiger charge is 2.52. The van der Waals surface area contributed by atoms with Crippen molar-refractivity contribution in [2.45, 2.75) is 73.1 Å². The van der Waals surface area contributed by atoms with Gasteiger partial charge in [-0.2, -0.15) is 0 Å². The summed E-state index contributed by atoms with van der Waals surface area (Å²) in [6.07, 6.45) is 3.50. The van der Waals surface area contributed by atoms with Crippen LogP contribution in [0.2, 0.25) is 0 Å². The number of phenols is 2. The minimum absolute atomic E-state index is 0.0525. The number of aromatic hydroxyl groups is 2. The lowest BCUT2D eigenvalue weighted by atomic mass is 9.48. The monoisotopic (exact) mass is 366 g/mol. The van der Waals surface area contributed by atoms with Gasteiger partial charge in [0, 0.05) is 5.41 Å². The van der Waals surface area contributed by atoms with E-state index >= 15 is 0 Å². The van der Waals surface area contributed by atoms with Gasteiger partial charge in [-0.15, -0.1) is 0 Å². The van der Waals surface area contributed by atoms with Crippen molar-refractivity contribution in [3.63, 3.8) is 0 Å². The van der Waals surface area contributed by atoms with Gasteiger partial charge in [-0.25, -0.2) is 0 Å². The van der Waals surface area contributed by atoms with Crippen LogP contribution in [0, 0.1) is 39.0 Å². The maximum absolute atomic E-state index is 10.4. The Morgan fingerprint density at radius 2 is 1.15 bits per heavy atom. The van der Waals surface area contributed by atoms with Gasteiger partial charge in [0.15, 0.2) is 0 Å². The fourth-order valence-electron chi connectivity index (χ4n) is 5.38. The van der Waals surface area contributed by atoms with E-state index in [1.165, 1.54) is 24.0 Å². The number of benzene rings is 2. The standard InChI is InChI=1S/C25H34O2/c1-15-11-20(12-16(2)22(15)26)25(10-8-9-19(5)24(25,6)7)21-13-17(3)23(27)18(4)14-21/h11-14,19,26-27H,8-10H2,1-7H3. The van der Waals surface area contributed by atoms with Crippen LogP contribution in [0.1, 0.15) is 73.4 Å². The van der Waals surface area contributed by atoms with Crippen LogP contribution in [0.15, 0.2) is 24.3 Å². The molecule has 2 aromatic rings. The molecule has 2 nitrogen and oxygen atoms in total. The molecule has 146 valence electrons. The predicted molar refractivity (Wildman–Crippen MR) is 113 cm³/mol. The first-order chi connectivity index (χ1) is 12.5. The average Bonchev–Trinajstić information content (AvgIpc) is 2.59.